The van der Waals surface area contributed by atoms with Gasteiger partial charge in [0.15, 0.2) is 0 Å². The van der Waals surface area contributed by atoms with Crippen molar-refractivity contribution in [3.8, 4) is 0 Å². The zero-order chi connectivity index (χ0) is 13.6. The molecule has 7 heteroatoms. The Bertz CT molecular complexity index is 641. The van der Waals surface area contributed by atoms with E-state index in [1.54, 1.807) is 29.7 Å². The van der Waals surface area contributed by atoms with Crippen molar-refractivity contribution >= 4 is 11.6 Å². The molecule has 3 rings (SSSR count). The summed E-state index contributed by atoms with van der Waals surface area (Å²) >= 11 is 0. The Balaban J connectivity index is 1.90. The van der Waals surface area contributed by atoms with Crippen molar-refractivity contribution in [2.75, 3.05) is 12.3 Å². The maximum absolute atomic E-state index is 12.5. The Kier molecular flexibility index (Phi) is 2.55. The predicted molar refractivity (Wildman–Crippen MR) is 69.3 cm³/mol. The molecule has 0 unspecified atom stereocenters. The fraction of sp³-hybridized carbons (Fsp3) is 0.417. The lowest BCUT2D eigenvalue weighted by Gasteiger charge is -2.27. The van der Waals surface area contributed by atoms with Crippen LogP contribution in [0.2, 0.25) is 0 Å². The number of hydrogen-bond acceptors (Lipinski definition) is 4. The molecule has 100 valence electrons. The van der Waals surface area contributed by atoms with Gasteiger partial charge in [0.05, 0.1) is 17.9 Å². The standard InChI is InChI=1S/C12H16N6O/c1-8-10(13)11(16(2)15-8)12(19)18-6-5-17-4-3-14-9(17)7-18/h3-4H,5-7,13H2,1-2H3. The van der Waals surface area contributed by atoms with Crippen molar-refractivity contribution in [1.82, 2.24) is 24.2 Å². The van der Waals surface area contributed by atoms with E-state index in [0.717, 1.165) is 12.4 Å². The van der Waals surface area contributed by atoms with Crippen LogP contribution in [0.5, 0.6) is 0 Å². The topological polar surface area (TPSA) is 82.0 Å². The number of imidazole rings is 1. The molecule has 3 heterocycles. The third-order valence-corrected chi connectivity index (χ3v) is 3.50. The normalized spacial score (nSPS) is 14.5. The highest BCUT2D eigenvalue weighted by atomic mass is 16.2. The van der Waals surface area contributed by atoms with Gasteiger partial charge in [-0.05, 0) is 6.92 Å². The van der Waals surface area contributed by atoms with Gasteiger partial charge in [-0.2, -0.15) is 5.10 Å². The summed E-state index contributed by atoms with van der Waals surface area (Å²) in [7, 11) is 1.74. The number of amides is 1. The summed E-state index contributed by atoms with van der Waals surface area (Å²) in [6.45, 7) is 3.73. The van der Waals surface area contributed by atoms with Crippen LogP contribution in [-0.2, 0) is 20.1 Å². The van der Waals surface area contributed by atoms with Crippen LogP contribution in [0.3, 0.4) is 0 Å². The highest BCUT2D eigenvalue weighted by Crippen LogP contribution is 2.20. The molecule has 0 atom stereocenters. The molecule has 1 aliphatic rings. The Hall–Kier alpha value is -2.31. The quantitative estimate of drug-likeness (QED) is 0.792. The molecule has 0 aromatic carbocycles. The van der Waals surface area contributed by atoms with Gasteiger partial charge in [-0.1, -0.05) is 0 Å². The highest BCUT2D eigenvalue weighted by molar-refractivity contribution is 5.98. The molecular formula is C12H16N6O. The van der Waals surface area contributed by atoms with Gasteiger partial charge in [-0.15, -0.1) is 0 Å². The number of nitrogens with zero attached hydrogens (tertiary/aromatic N) is 5. The van der Waals surface area contributed by atoms with Crippen LogP contribution in [0.15, 0.2) is 12.4 Å². The van der Waals surface area contributed by atoms with Gasteiger partial charge in [0.2, 0.25) is 0 Å². The van der Waals surface area contributed by atoms with Crippen LogP contribution in [0, 0.1) is 6.92 Å². The lowest BCUT2D eigenvalue weighted by molar-refractivity contribution is 0.0697. The second kappa shape index (κ2) is 4.11. The third kappa shape index (κ3) is 1.78. The van der Waals surface area contributed by atoms with Crippen molar-refractivity contribution in [3.05, 3.63) is 29.6 Å². The summed E-state index contributed by atoms with van der Waals surface area (Å²) in [6.07, 6.45) is 3.69. The van der Waals surface area contributed by atoms with Crippen molar-refractivity contribution < 1.29 is 4.79 Å². The summed E-state index contributed by atoms with van der Waals surface area (Å²) in [5.41, 5.74) is 7.53. The molecular weight excluding hydrogens is 244 g/mol. The van der Waals surface area contributed by atoms with Crippen LogP contribution in [0.25, 0.3) is 0 Å². The SMILES string of the molecule is Cc1nn(C)c(C(=O)N2CCn3ccnc3C2)c1N. The first-order valence-electron chi connectivity index (χ1n) is 6.16. The number of carbonyl (C=O) groups is 1. The molecule has 19 heavy (non-hydrogen) atoms. The van der Waals surface area contributed by atoms with Gasteiger partial charge < -0.3 is 15.2 Å². The van der Waals surface area contributed by atoms with E-state index in [1.807, 2.05) is 6.20 Å². The molecule has 1 amide bonds. The summed E-state index contributed by atoms with van der Waals surface area (Å²) in [5.74, 6) is 0.812. The number of rotatable bonds is 1. The minimum Gasteiger partial charge on any atom is -0.395 e. The van der Waals surface area contributed by atoms with Gasteiger partial charge in [-0.25, -0.2) is 4.98 Å². The van der Waals surface area contributed by atoms with E-state index in [0.29, 0.717) is 30.2 Å². The molecule has 2 aromatic rings. The lowest BCUT2D eigenvalue weighted by atomic mass is 10.2. The van der Waals surface area contributed by atoms with Gasteiger partial charge in [0.1, 0.15) is 11.5 Å². The van der Waals surface area contributed by atoms with Crippen LogP contribution < -0.4 is 5.73 Å². The van der Waals surface area contributed by atoms with Crippen LogP contribution in [-0.4, -0.2) is 36.7 Å². The Morgan fingerprint density at radius 3 is 2.89 bits per heavy atom. The molecule has 0 aliphatic carbocycles. The smallest absolute Gasteiger partial charge is 0.274 e. The Morgan fingerprint density at radius 2 is 2.21 bits per heavy atom. The van der Waals surface area contributed by atoms with E-state index in [4.69, 9.17) is 5.73 Å². The summed E-state index contributed by atoms with van der Waals surface area (Å²) in [4.78, 5) is 18.5. The molecule has 0 saturated carbocycles. The molecule has 2 N–H and O–H groups in total. The molecule has 0 radical (unpaired) electrons. The number of aromatic nitrogens is 4. The average Bonchev–Trinajstić information content (AvgIpc) is 2.94. The fourth-order valence-corrected chi connectivity index (χ4v) is 2.42. The van der Waals surface area contributed by atoms with E-state index in [1.165, 1.54) is 0 Å². The van der Waals surface area contributed by atoms with Crippen molar-refractivity contribution in [2.24, 2.45) is 7.05 Å². The van der Waals surface area contributed by atoms with Crippen LogP contribution in [0.1, 0.15) is 22.0 Å². The van der Waals surface area contributed by atoms with Crippen molar-refractivity contribution in [2.45, 2.75) is 20.0 Å². The van der Waals surface area contributed by atoms with E-state index in [9.17, 15) is 4.79 Å². The number of hydrogen-bond donors (Lipinski definition) is 1. The number of carbonyl (C=O) groups excluding carboxylic acids is 1. The maximum Gasteiger partial charge on any atom is 0.274 e. The Labute approximate surface area is 110 Å². The summed E-state index contributed by atoms with van der Waals surface area (Å²) < 4.78 is 3.61. The molecule has 7 nitrogen and oxygen atoms in total. The van der Waals surface area contributed by atoms with Gasteiger partial charge in [-0.3, -0.25) is 9.48 Å². The Morgan fingerprint density at radius 1 is 1.42 bits per heavy atom. The number of anilines is 1. The molecule has 1 aliphatic heterocycles. The van der Waals surface area contributed by atoms with E-state index in [-0.39, 0.29) is 5.91 Å². The number of nitrogen functional groups attached to an aromatic ring is 1. The fourth-order valence-electron chi connectivity index (χ4n) is 2.42. The number of aryl methyl sites for hydroxylation is 2. The first-order valence-corrected chi connectivity index (χ1v) is 6.16. The van der Waals surface area contributed by atoms with Gasteiger partial charge in [0.25, 0.3) is 5.91 Å². The zero-order valence-electron chi connectivity index (χ0n) is 11.0. The van der Waals surface area contributed by atoms with Gasteiger partial charge >= 0.3 is 0 Å². The minimum absolute atomic E-state index is 0.0881. The van der Waals surface area contributed by atoms with Crippen molar-refractivity contribution in [1.29, 1.82) is 0 Å². The third-order valence-electron chi connectivity index (χ3n) is 3.50. The highest BCUT2D eigenvalue weighted by Gasteiger charge is 2.26. The molecule has 0 saturated heterocycles. The molecule has 0 bridgehead atoms. The second-order valence-corrected chi connectivity index (χ2v) is 4.73. The summed E-state index contributed by atoms with van der Waals surface area (Å²) in [5, 5.41) is 4.18. The van der Waals surface area contributed by atoms with Gasteiger partial charge in [0, 0.05) is 32.5 Å². The van der Waals surface area contributed by atoms with Crippen LogP contribution >= 0.6 is 0 Å². The monoisotopic (exact) mass is 260 g/mol. The maximum atomic E-state index is 12.5. The van der Waals surface area contributed by atoms with Crippen LogP contribution in [0.4, 0.5) is 5.69 Å². The number of nitrogens with two attached hydrogens (primary N) is 1. The largest absolute Gasteiger partial charge is 0.395 e. The van der Waals surface area contributed by atoms with E-state index >= 15 is 0 Å². The minimum atomic E-state index is -0.0881. The lowest BCUT2D eigenvalue weighted by Crippen LogP contribution is -2.39. The first-order chi connectivity index (χ1) is 9.08. The number of fused-ring (bicyclic) bond motifs is 1. The van der Waals surface area contributed by atoms with Crippen molar-refractivity contribution in [3.63, 3.8) is 0 Å². The van der Waals surface area contributed by atoms with E-state index < -0.39 is 0 Å². The first kappa shape index (κ1) is 11.8. The molecule has 2 aromatic heterocycles. The average molecular weight is 260 g/mol. The molecule has 0 fully saturated rings. The predicted octanol–water partition coefficient (Wildman–Crippen LogP) is 0.163. The zero-order valence-corrected chi connectivity index (χ0v) is 11.0. The second-order valence-electron chi connectivity index (χ2n) is 4.73. The van der Waals surface area contributed by atoms with E-state index in [2.05, 4.69) is 14.6 Å². The summed E-state index contributed by atoms with van der Waals surface area (Å²) in [6, 6.07) is 0. The molecule has 0 spiro atoms.